The third-order valence-corrected chi connectivity index (χ3v) is 10.9. The quantitative estimate of drug-likeness (QED) is 0.142. The molecule has 0 radical (unpaired) electrons. The van der Waals surface area contributed by atoms with Crippen molar-refractivity contribution in [3.63, 3.8) is 0 Å². The normalized spacial score (nSPS) is 16.3. The first-order chi connectivity index (χ1) is 24.9. The number of nitrogens with zero attached hydrogens (tertiary/aromatic N) is 2. The van der Waals surface area contributed by atoms with Crippen molar-refractivity contribution >= 4 is 23.2 Å². The molecular weight excluding hydrogens is 721 g/mol. The van der Waals surface area contributed by atoms with Gasteiger partial charge in [-0.15, -0.1) is 0 Å². The van der Waals surface area contributed by atoms with E-state index in [9.17, 15) is 26.3 Å². The molecule has 2 saturated heterocycles. The van der Waals surface area contributed by atoms with Crippen LogP contribution in [-0.4, -0.2) is 36.0 Å². The number of alkyl halides is 6. The Hall–Kier alpha value is -3.24. The maximum absolute atomic E-state index is 14.2. The average Bonchev–Trinajstić information content (AvgIpc) is 3.12. The van der Waals surface area contributed by atoms with E-state index in [-0.39, 0.29) is 35.8 Å². The fourth-order valence-corrected chi connectivity index (χ4v) is 7.89. The lowest BCUT2D eigenvalue weighted by Gasteiger charge is -2.27. The molecule has 3 nitrogen and oxygen atoms in total. The highest BCUT2D eigenvalue weighted by atomic mass is 35.5. The molecule has 278 valence electrons. The minimum Gasteiger partial charge on any atom is -0.488 e. The Bertz CT molecular complexity index is 1700. The van der Waals surface area contributed by atoms with Gasteiger partial charge in [0.15, 0.2) is 0 Å². The van der Waals surface area contributed by atoms with Crippen molar-refractivity contribution in [3.05, 3.63) is 122 Å². The maximum Gasteiger partial charge on any atom is 0.419 e. The van der Waals surface area contributed by atoms with E-state index < -0.39 is 23.5 Å². The Morgan fingerprint density at radius 2 is 1.02 bits per heavy atom. The van der Waals surface area contributed by atoms with Crippen LogP contribution in [0.15, 0.2) is 72.8 Å². The molecule has 4 aromatic carbocycles. The summed E-state index contributed by atoms with van der Waals surface area (Å²) < 4.78 is 90.8. The summed E-state index contributed by atoms with van der Waals surface area (Å²) in [5.74, 6) is -0.283. The lowest BCUT2D eigenvalue weighted by molar-refractivity contribution is -0.139. The molecule has 0 aliphatic carbocycles. The Balaban J connectivity index is 1.17. The Morgan fingerprint density at radius 3 is 1.58 bits per heavy atom. The van der Waals surface area contributed by atoms with Crippen molar-refractivity contribution in [2.24, 2.45) is 0 Å². The zero-order valence-electron chi connectivity index (χ0n) is 28.9. The van der Waals surface area contributed by atoms with Crippen molar-refractivity contribution in [2.75, 3.05) is 26.2 Å². The maximum atomic E-state index is 14.2. The van der Waals surface area contributed by atoms with E-state index in [0.717, 1.165) is 70.8 Å². The molecule has 11 heteroatoms. The van der Waals surface area contributed by atoms with E-state index in [2.05, 4.69) is 9.80 Å². The largest absolute Gasteiger partial charge is 0.488 e. The van der Waals surface area contributed by atoms with Gasteiger partial charge in [-0.1, -0.05) is 90.6 Å². The number of aryl methyl sites for hydroxylation is 2. The Kier molecular flexibility index (Phi) is 12.5. The lowest BCUT2D eigenvalue weighted by atomic mass is 9.95. The number of likely N-dealkylation sites (tertiary alicyclic amines) is 2. The van der Waals surface area contributed by atoms with Crippen LogP contribution >= 0.6 is 23.2 Å². The molecular formula is C41H42Cl2F6N2O. The lowest BCUT2D eigenvalue weighted by Crippen LogP contribution is -2.29. The highest BCUT2D eigenvalue weighted by Crippen LogP contribution is 2.41. The van der Waals surface area contributed by atoms with Gasteiger partial charge in [-0.2, -0.15) is 26.3 Å². The first-order valence-corrected chi connectivity index (χ1v) is 18.6. The first kappa shape index (κ1) is 38.5. The second-order valence-corrected chi connectivity index (χ2v) is 14.6. The molecule has 0 saturated carbocycles. The molecule has 2 aliphatic heterocycles. The number of hydrogen-bond acceptors (Lipinski definition) is 3. The van der Waals surface area contributed by atoms with Crippen molar-refractivity contribution < 1.29 is 31.1 Å². The van der Waals surface area contributed by atoms with Gasteiger partial charge < -0.3 is 4.74 Å². The molecule has 0 atom stereocenters. The summed E-state index contributed by atoms with van der Waals surface area (Å²) in [6, 6.07) is 19.3. The van der Waals surface area contributed by atoms with Crippen LogP contribution in [0.5, 0.6) is 5.75 Å². The van der Waals surface area contributed by atoms with Crippen LogP contribution in [0.1, 0.15) is 77.5 Å². The van der Waals surface area contributed by atoms with Crippen molar-refractivity contribution in [2.45, 2.75) is 83.4 Å². The van der Waals surface area contributed by atoms with E-state index in [1.807, 2.05) is 0 Å². The van der Waals surface area contributed by atoms with Crippen molar-refractivity contribution in [1.82, 2.24) is 9.80 Å². The molecule has 0 N–H and O–H groups in total. The Labute approximate surface area is 311 Å². The molecule has 2 heterocycles. The number of hydrogen-bond donors (Lipinski definition) is 0. The fourth-order valence-electron chi connectivity index (χ4n) is 7.28. The van der Waals surface area contributed by atoms with Crippen LogP contribution in [0.3, 0.4) is 0 Å². The molecule has 0 spiro atoms. The van der Waals surface area contributed by atoms with Gasteiger partial charge in [0.25, 0.3) is 0 Å². The van der Waals surface area contributed by atoms with Crippen molar-refractivity contribution in [1.29, 1.82) is 0 Å². The number of piperidine rings is 2. The minimum atomic E-state index is -4.61. The predicted octanol–water partition coefficient (Wildman–Crippen LogP) is 12.0. The highest BCUT2D eigenvalue weighted by Gasteiger charge is 2.35. The molecule has 2 aliphatic rings. The van der Waals surface area contributed by atoms with Gasteiger partial charge in [-0.25, -0.2) is 0 Å². The van der Waals surface area contributed by atoms with Gasteiger partial charge in [-0.3, -0.25) is 9.80 Å². The van der Waals surface area contributed by atoms with Gasteiger partial charge in [0.2, 0.25) is 0 Å². The molecule has 0 aromatic heterocycles. The third kappa shape index (κ3) is 9.64. The van der Waals surface area contributed by atoms with E-state index in [4.69, 9.17) is 27.9 Å². The zero-order valence-corrected chi connectivity index (χ0v) is 30.4. The van der Waals surface area contributed by atoms with Gasteiger partial charge in [0, 0.05) is 29.8 Å². The summed E-state index contributed by atoms with van der Waals surface area (Å²) in [6.45, 7) is 4.25. The summed E-state index contributed by atoms with van der Waals surface area (Å²) in [6.07, 6.45) is -2.23. The molecule has 4 aromatic rings. The van der Waals surface area contributed by atoms with Crippen LogP contribution in [-0.2, 0) is 44.9 Å². The number of benzene rings is 4. The third-order valence-electron chi connectivity index (χ3n) is 10.0. The molecule has 0 amide bonds. The van der Waals surface area contributed by atoms with Crippen LogP contribution in [0, 0.1) is 0 Å². The minimum absolute atomic E-state index is 0.127. The SMILES string of the molecule is FC(F)(F)c1cc(CN2CCCCC2)ccc1CCc1cccc(-c2cccc(COc3ccc(CN4CCCCC4)cc3C(F)(F)F)c2Cl)c1Cl. The smallest absolute Gasteiger partial charge is 0.419 e. The molecule has 0 bridgehead atoms. The topological polar surface area (TPSA) is 15.7 Å². The molecule has 0 unspecified atom stereocenters. The standard InChI is InChI=1S/C41H42Cl2F6N2O/c42-38-31(17-16-30-15-13-28(23-35(30)40(44,45)46)25-50-19-3-1-4-20-50)9-7-11-33(38)34-12-8-10-32(39(34)43)27-52-37-18-14-29(24-36(37)41(47,48)49)26-51-21-5-2-6-22-51/h7-15,18,23-24H,1-6,16-17,19-22,25-27H2. The van der Waals surface area contributed by atoms with Crippen LogP contribution in [0.4, 0.5) is 26.3 Å². The zero-order chi connectivity index (χ0) is 36.9. The van der Waals surface area contributed by atoms with E-state index in [0.29, 0.717) is 51.5 Å². The van der Waals surface area contributed by atoms with Gasteiger partial charge in [-0.05, 0) is 105 Å². The molecule has 2 fully saturated rings. The second-order valence-electron chi connectivity index (χ2n) is 13.8. The van der Waals surface area contributed by atoms with Crippen LogP contribution < -0.4 is 4.74 Å². The van der Waals surface area contributed by atoms with Gasteiger partial charge in [0.1, 0.15) is 12.4 Å². The van der Waals surface area contributed by atoms with Crippen LogP contribution in [0.2, 0.25) is 10.0 Å². The summed E-state index contributed by atoms with van der Waals surface area (Å²) in [5, 5.41) is 0.613. The van der Waals surface area contributed by atoms with Crippen molar-refractivity contribution in [3.8, 4) is 16.9 Å². The summed E-state index contributed by atoms with van der Waals surface area (Å²) in [4.78, 5) is 4.36. The first-order valence-electron chi connectivity index (χ1n) is 17.9. The van der Waals surface area contributed by atoms with E-state index in [1.165, 1.54) is 12.1 Å². The number of ether oxygens (including phenoxy) is 1. The second kappa shape index (κ2) is 16.8. The Morgan fingerprint density at radius 1 is 0.538 bits per heavy atom. The average molecular weight is 764 g/mol. The predicted molar refractivity (Wildman–Crippen MR) is 195 cm³/mol. The highest BCUT2D eigenvalue weighted by molar-refractivity contribution is 6.37. The van der Waals surface area contributed by atoms with E-state index >= 15 is 0 Å². The van der Waals surface area contributed by atoms with Gasteiger partial charge in [0.05, 0.1) is 21.2 Å². The monoisotopic (exact) mass is 762 g/mol. The molecule has 6 rings (SSSR count). The van der Waals surface area contributed by atoms with Gasteiger partial charge >= 0.3 is 12.4 Å². The molecule has 52 heavy (non-hydrogen) atoms. The summed E-state index contributed by atoms with van der Waals surface area (Å²) in [7, 11) is 0. The van der Waals surface area contributed by atoms with E-state index in [1.54, 1.807) is 54.6 Å². The number of halogens is 8. The van der Waals surface area contributed by atoms with Crippen LogP contribution in [0.25, 0.3) is 11.1 Å². The summed E-state index contributed by atoms with van der Waals surface area (Å²) >= 11 is 13.7. The fraction of sp³-hybridized carbons (Fsp3) is 0.415. The summed E-state index contributed by atoms with van der Waals surface area (Å²) in [5.41, 5.74) is 2.19. The number of rotatable bonds is 11.